The summed E-state index contributed by atoms with van der Waals surface area (Å²) in [4.78, 5) is 20.7. The van der Waals surface area contributed by atoms with E-state index in [9.17, 15) is 4.79 Å². The van der Waals surface area contributed by atoms with Crippen molar-refractivity contribution >= 4 is 23.5 Å². The number of benzene rings is 1. The third-order valence-corrected chi connectivity index (χ3v) is 4.23. The van der Waals surface area contributed by atoms with Gasteiger partial charge in [-0.05, 0) is 13.2 Å². The quantitative estimate of drug-likeness (QED) is 0.637. The highest BCUT2D eigenvalue weighted by Crippen LogP contribution is 2.28. The normalized spacial score (nSPS) is 10.7. The zero-order chi connectivity index (χ0) is 18.7. The molecule has 0 aliphatic heterocycles. The molecule has 3 rings (SSSR count). The van der Waals surface area contributed by atoms with Gasteiger partial charge in [0.15, 0.2) is 11.6 Å². The lowest BCUT2D eigenvalue weighted by Gasteiger charge is -2.09. The van der Waals surface area contributed by atoms with Gasteiger partial charge in [-0.3, -0.25) is 4.79 Å². The fourth-order valence-electron chi connectivity index (χ4n) is 2.42. The molecule has 8 nitrogen and oxygen atoms in total. The van der Waals surface area contributed by atoms with Crippen molar-refractivity contribution < 1.29 is 9.53 Å². The van der Waals surface area contributed by atoms with E-state index < -0.39 is 5.91 Å². The molecular weight excluding hydrogens is 352 g/mol. The molecular formula is C17H18N6O2S. The van der Waals surface area contributed by atoms with Gasteiger partial charge in [-0.1, -0.05) is 30.3 Å². The molecule has 1 aromatic carbocycles. The number of anilines is 1. The Kier molecular flexibility index (Phi) is 5.08. The molecule has 0 radical (unpaired) electrons. The van der Waals surface area contributed by atoms with Gasteiger partial charge in [0.25, 0.3) is 5.91 Å². The topological polar surface area (TPSA) is 122 Å². The van der Waals surface area contributed by atoms with Crippen LogP contribution in [0.15, 0.2) is 41.4 Å². The second-order valence-electron chi connectivity index (χ2n) is 5.23. The number of aromatic nitrogens is 4. The van der Waals surface area contributed by atoms with Crippen molar-refractivity contribution in [1.29, 1.82) is 0 Å². The molecule has 0 spiro atoms. The number of nitrogens with zero attached hydrogens (tertiary/aromatic N) is 4. The molecule has 1 amide bonds. The largest absolute Gasteiger partial charge is 0.478 e. The molecule has 0 saturated carbocycles. The van der Waals surface area contributed by atoms with Crippen LogP contribution in [0.2, 0.25) is 0 Å². The summed E-state index contributed by atoms with van der Waals surface area (Å²) in [6, 6.07) is 11.1. The first kappa shape index (κ1) is 17.7. The van der Waals surface area contributed by atoms with E-state index in [1.54, 1.807) is 12.3 Å². The molecule has 4 N–H and O–H groups in total. The second-order valence-corrected chi connectivity index (χ2v) is 6.03. The highest BCUT2D eigenvalue weighted by Gasteiger charge is 2.22. The number of ether oxygens (including phenoxy) is 1. The monoisotopic (exact) mass is 370 g/mol. The summed E-state index contributed by atoms with van der Waals surface area (Å²) in [5, 5.41) is 4.80. The Morgan fingerprint density at radius 2 is 2.00 bits per heavy atom. The van der Waals surface area contributed by atoms with Crippen molar-refractivity contribution in [3.8, 4) is 23.1 Å². The summed E-state index contributed by atoms with van der Waals surface area (Å²) in [6.07, 6.45) is 1.79. The predicted molar refractivity (Wildman–Crippen MR) is 100 cm³/mol. The lowest BCUT2D eigenvalue weighted by atomic mass is 10.2. The number of carbonyl (C=O) groups excluding carboxylic acids is 1. The van der Waals surface area contributed by atoms with Gasteiger partial charge in [-0.15, -0.1) is 11.8 Å². The average molecular weight is 370 g/mol. The third kappa shape index (κ3) is 3.33. The first-order valence-corrected chi connectivity index (χ1v) is 9.07. The van der Waals surface area contributed by atoms with Crippen molar-refractivity contribution in [1.82, 2.24) is 19.7 Å². The maximum absolute atomic E-state index is 11.7. The van der Waals surface area contributed by atoms with Gasteiger partial charge in [-0.2, -0.15) is 14.8 Å². The van der Waals surface area contributed by atoms with Crippen molar-refractivity contribution in [2.24, 2.45) is 5.73 Å². The number of hydrogen-bond donors (Lipinski definition) is 2. The molecule has 0 atom stereocenters. The minimum absolute atomic E-state index is 0.127. The predicted octanol–water partition coefficient (Wildman–Crippen LogP) is 2.13. The lowest BCUT2D eigenvalue weighted by Crippen LogP contribution is -2.14. The molecule has 2 heterocycles. The van der Waals surface area contributed by atoms with E-state index in [-0.39, 0.29) is 11.4 Å². The van der Waals surface area contributed by atoms with Gasteiger partial charge in [0, 0.05) is 11.6 Å². The summed E-state index contributed by atoms with van der Waals surface area (Å²) >= 11 is 1.28. The Morgan fingerprint density at radius 1 is 1.27 bits per heavy atom. The van der Waals surface area contributed by atoms with Gasteiger partial charge < -0.3 is 16.2 Å². The highest BCUT2D eigenvalue weighted by molar-refractivity contribution is 7.98. The molecule has 0 aliphatic carbocycles. The van der Waals surface area contributed by atoms with Crippen LogP contribution in [0.4, 0.5) is 5.82 Å². The van der Waals surface area contributed by atoms with E-state index in [0.29, 0.717) is 29.2 Å². The Bertz CT molecular complexity index is 942. The fourth-order valence-corrected chi connectivity index (χ4v) is 2.99. The number of primary amides is 1. The molecule has 26 heavy (non-hydrogen) atoms. The maximum atomic E-state index is 11.7. The number of carbonyl (C=O) groups is 1. The number of nitrogens with two attached hydrogens (primary N) is 2. The average Bonchev–Trinajstić information content (AvgIpc) is 2.99. The smallest absolute Gasteiger partial charge is 0.255 e. The zero-order valence-corrected chi connectivity index (χ0v) is 15.2. The van der Waals surface area contributed by atoms with E-state index >= 15 is 0 Å². The second kappa shape index (κ2) is 7.44. The molecule has 0 fully saturated rings. The summed E-state index contributed by atoms with van der Waals surface area (Å²) in [5.41, 5.74) is 12.5. The summed E-state index contributed by atoms with van der Waals surface area (Å²) in [7, 11) is 0. The van der Waals surface area contributed by atoms with Crippen molar-refractivity contribution in [3.63, 3.8) is 0 Å². The molecule has 2 aromatic heterocycles. The van der Waals surface area contributed by atoms with Crippen LogP contribution >= 0.6 is 11.8 Å². The van der Waals surface area contributed by atoms with Crippen LogP contribution in [-0.2, 0) is 0 Å². The van der Waals surface area contributed by atoms with E-state index in [4.69, 9.17) is 16.2 Å². The van der Waals surface area contributed by atoms with E-state index in [1.807, 2.05) is 37.3 Å². The van der Waals surface area contributed by atoms with Crippen LogP contribution in [0, 0.1) is 0 Å². The molecule has 0 bridgehead atoms. The van der Waals surface area contributed by atoms with Gasteiger partial charge >= 0.3 is 0 Å². The number of thioether (sulfide) groups is 1. The summed E-state index contributed by atoms with van der Waals surface area (Å²) in [6.45, 7) is 2.31. The molecule has 134 valence electrons. The first-order chi connectivity index (χ1) is 12.5. The molecule has 0 saturated heterocycles. The SMILES string of the molecule is CCOc1cc(-n2nc(SC)c(C(N)=O)c2N)nc(-c2ccccc2)n1. The van der Waals surface area contributed by atoms with Crippen LogP contribution < -0.4 is 16.2 Å². The standard InChI is InChI=1S/C17H18N6O2S/c1-3-25-12-9-11(20-16(21-12)10-7-5-4-6-8-10)23-14(18)13(15(19)24)17(22-23)26-2/h4-9H,3,18H2,1-2H3,(H2,19,24). The van der Waals surface area contributed by atoms with E-state index in [2.05, 4.69) is 15.1 Å². The minimum Gasteiger partial charge on any atom is -0.478 e. The van der Waals surface area contributed by atoms with Crippen LogP contribution in [0.25, 0.3) is 17.2 Å². The summed E-state index contributed by atoms with van der Waals surface area (Å²) < 4.78 is 6.93. The zero-order valence-electron chi connectivity index (χ0n) is 14.3. The van der Waals surface area contributed by atoms with Crippen molar-refractivity contribution in [2.75, 3.05) is 18.6 Å². The molecule has 3 aromatic rings. The molecule has 0 unspecified atom stereocenters. The molecule has 0 aliphatic rings. The van der Waals surface area contributed by atoms with Gasteiger partial charge in [0.1, 0.15) is 16.4 Å². The Morgan fingerprint density at radius 3 is 2.58 bits per heavy atom. The van der Waals surface area contributed by atoms with Gasteiger partial charge in [0.05, 0.1) is 6.61 Å². The molecule has 9 heteroatoms. The summed E-state index contributed by atoms with van der Waals surface area (Å²) in [5.74, 6) is 0.732. The Balaban J connectivity index is 2.19. The number of hydrogen-bond acceptors (Lipinski definition) is 7. The van der Waals surface area contributed by atoms with Crippen LogP contribution in [0.3, 0.4) is 0 Å². The minimum atomic E-state index is -0.638. The van der Waals surface area contributed by atoms with E-state index in [1.165, 1.54) is 16.4 Å². The number of rotatable bonds is 6. The van der Waals surface area contributed by atoms with Gasteiger partial charge in [0.2, 0.25) is 5.88 Å². The lowest BCUT2D eigenvalue weighted by molar-refractivity contribution is 0.0998. The van der Waals surface area contributed by atoms with Crippen LogP contribution in [0.1, 0.15) is 17.3 Å². The number of nitrogen functional groups attached to an aromatic ring is 1. The van der Waals surface area contributed by atoms with Gasteiger partial charge in [-0.25, -0.2) is 4.98 Å². The Hall–Kier alpha value is -3.07. The number of amides is 1. The third-order valence-electron chi connectivity index (χ3n) is 3.56. The Labute approximate surface area is 154 Å². The first-order valence-electron chi connectivity index (χ1n) is 7.85. The van der Waals surface area contributed by atoms with Crippen molar-refractivity contribution in [3.05, 3.63) is 42.0 Å². The van der Waals surface area contributed by atoms with Crippen LogP contribution in [-0.4, -0.2) is 38.5 Å². The van der Waals surface area contributed by atoms with Crippen LogP contribution in [0.5, 0.6) is 5.88 Å². The van der Waals surface area contributed by atoms with Crippen molar-refractivity contribution in [2.45, 2.75) is 11.9 Å². The van der Waals surface area contributed by atoms with E-state index in [0.717, 1.165) is 5.56 Å². The maximum Gasteiger partial charge on any atom is 0.255 e. The fraction of sp³-hybridized carbons (Fsp3) is 0.176. The highest BCUT2D eigenvalue weighted by atomic mass is 32.2.